The van der Waals surface area contributed by atoms with Gasteiger partial charge in [0.1, 0.15) is 5.58 Å². The van der Waals surface area contributed by atoms with Crippen LogP contribution < -0.4 is 5.43 Å². The first-order valence-electron chi connectivity index (χ1n) is 7.07. The average Bonchev–Trinajstić information content (AvgIpc) is 2.54. The first-order chi connectivity index (χ1) is 11.3. The second kappa shape index (κ2) is 5.90. The zero-order valence-corrected chi connectivity index (χ0v) is 14.7. The van der Waals surface area contributed by atoms with Crippen molar-refractivity contribution >= 4 is 33.6 Å². The van der Waals surface area contributed by atoms with Crippen molar-refractivity contribution in [3.8, 4) is 34.3 Å². The van der Waals surface area contributed by atoms with Gasteiger partial charge in [0.05, 0.1) is 5.39 Å². The number of rotatable bonds is 2. The van der Waals surface area contributed by atoms with Gasteiger partial charge in [0, 0.05) is 9.13 Å². The number of halogens is 1. The molecule has 0 saturated heterocycles. The van der Waals surface area contributed by atoms with Crippen molar-refractivity contribution in [1.29, 1.82) is 0 Å². The van der Waals surface area contributed by atoms with Gasteiger partial charge in [0.2, 0.25) is 11.2 Å². The molecule has 7 heteroatoms. The molecule has 0 unspecified atom stereocenters. The maximum Gasteiger partial charge on any atom is 0.236 e. The molecule has 3 rings (SSSR count). The van der Waals surface area contributed by atoms with Gasteiger partial charge in [0.15, 0.2) is 23.0 Å². The lowest BCUT2D eigenvalue weighted by molar-refractivity contribution is 0.368. The van der Waals surface area contributed by atoms with Crippen LogP contribution >= 0.6 is 22.6 Å². The van der Waals surface area contributed by atoms with Crippen LogP contribution in [0.5, 0.6) is 23.0 Å². The quantitative estimate of drug-likeness (QED) is 0.359. The van der Waals surface area contributed by atoms with Crippen molar-refractivity contribution in [1.82, 2.24) is 0 Å². The smallest absolute Gasteiger partial charge is 0.236 e. The monoisotopic (exact) mass is 440 g/mol. The topological polar surface area (TPSA) is 111 Å². The Labute approximate surface area is 149 Å². The summed E-state index contributed by atoms with van der Waals surface area (Å²) in [6, 6.07) is 5.74. The van der Waals surface area contributed by atoms with Crippen LogP contribution in [0, 0.1) is 3.57 Å². The summed E-state index contributed by atoms with van der Waals surface area (Å²) < 4.78 is 6.34. The summed E-state index contributed by atoms with van der Waals surface area (Å²) in [5, 5.41) is 39.2. The zero-order chi connectivity index (χ0) is 17.6. The Morgan fingerprint density at radius 2 is 1.62 bits per heavy atom. The lowest BCUT2D eigenvalue weighted by atomic mass is 10.1. The summed E-state index contributed by atoms with van der Waals surface area (Å²) in [5.74, 6) is -2.70. The minimum Gasteiger partial charge on any atom is -0.504 e. The molecule has 0 aliphatic heterocycles. The molecule has 0 bridgehead atoms. The number of benzene rings is 2. The van der Waals surface area contributed by atoms with Gasteiger partial charge in [-0.3, -0.25) is 4.79 Å². The molecule has 1 aromatic heterocycles. The Hall–Kier alpha value is -2.42. The number of phenols is 3. The SMILES string of the molecule is CCc1cc(I)c2c(=O)c(O)c(-c3cc(O)c(O)c(O)c3)oc2c1. The minimum atomic E-state index is -0.691. The number of phenolic OH excluding ortho intramolecular Hbond substituents is 3. The first-order valence-corrected chi connectivity index (χ1v) is 8.14. The molecule has 0 saturated carbocycles. The Morgan fingerprint density at radius 3 is 2.21 bits per heavy atom. The van der Waals surface area contributed by atoms with E-state index in [2.05, 4.69) is 0 Å². The molecule has 124 valence electrons. The molecular formula is C17H13IO6. The maximum absolute atomic E-state index is 12.5. The molecule has 0 atom stereocenters. The average molecular weight is 440 g/mol. The highest BCUT2D eigenvalue weighted by molar-refractivity contribution is 14.1. The van der Waals surface area contributed by atoms with E-state index >= 15 is 0 Å². The normalized spacial score (nSPS) is 11.1. The van der Waals surface area contributed by atoms with Crippen LogP contribution in [-0.4, -0.2) is 20.4 Å². The standard InChI is InChI=1S/C17H13IO6/c1-2-7-3-9(18)13-12(4-7)24-17(16(23)15(13)22)8-5-10(19)14(21)11(20)6-8/h3-6,19-21,23H,2H2,1H3. The van der Waals surface area contributed by atoms with Crippen molar-refractivity contribution in [2.75, 3.05) is 0 Å². The molecule has 3 aromatic rings. The Balaban J connectivity index is 2.38. The van der Waals surface area contributed by atoms with E-state index in [-0.39, 0.29) is 16.7 Å². The third kappa shape index (κ3) is 2.54. The van der Waals surface area contributed by atoms with E-state index in [9.17, 15) is 25.2 Å². The summed E-state index contributed by atoms with van der Waals surface area (Å²) in [7, 11) is 0. The highest BCUT2D eigenvalue weighted by atomic mass is 127. The van der Waals surface area contributed by atoms with E-state index < -0.39 is 28.4 Å². The predicted molar refractivity (Wildman–Crippen MR) is 96.7 cm³/mol. The van der Waals surface area contributed by atoms with E-state index in [1.807, 2.05) is 35.6 Å². The lowest BCUT2D eigenvalue weighted by Crippen LogP contribution is -2.05. The summed E-state index contributed by atoms with van der Waals surface area (Å²) in [4.78, 5) is 12.5. The number of fused-ring (bicyclic) bond motifs is 1. The molecule has 0 aliphatic rings. The molecule has 24 heavy (non-hydrogen) atoms. The highest BCUT2D eigenvalue weighted by Gasteiger charge is 2.20. The minimum absolute atomic E-state index is 0.0659. The molecule has 2 aromatic carbocycles. The molecule has 4 N–H and O–H groups in total. The second-order valence-electron chi connectivity index (χ2n) is 5.28. The fraction of sp³-hybridized carbons (Fsp3) is 0.118. The number of aryl methyl sites for hydroxylation is 1. The predicted octanol–water partition coefficient (Wildman–Crippen LogP) is 3.45. The van der Waals surface area contributed by atoms with Crippen molar-refractivity contribution < 1.29 is 24.8 Å². The number of hydrogen-bond donors (Lipinski definition) is 4. The summed E-state index contributed by atoms with van der Waals surface area (Å²) >= 11 is 2.01. The lowest BCUT2D eigenvalue weighted by Gasteiger charge is -2.10. The largest absolute Gasteiger partial charge is 0.504 e. The summed E-state index contributed by atoms with van der Waals surface area (Å²) in [5.41, 5.74) is 0.716. The van der Waals surface area contributed by atoms with Gasteiger partial charge in [-0.05, 0) is 58.8 Å². The number of hydrogen-bond acceptors (Lipinski definition) is 6. The molecule has 0 spiro atoms. The third-order valence-corrected chi connectivity index (χ3v) is 4.57. The van der Waals surface area contributed by atoms with Gasteiger partial charge in [-0.25, -0.2) is 0 Å². The van der Waals surface area contributed by atoms with Crippen molar-refractivity contribution in [3.05, 3.63) is 43.6 Å². The maximum atomic E-state index is 12.5. The fourth-order valence-corrected chi connectivity index (χ4v) is 3.36. The Kier molecular flexibility index (Phi) is 4.04. The van der Waals surface area contributed by atoms with Gasteiger partial charge in [-0.15, -0.1) is 0 Å². The third-order valence-electron chi connectivity index (χ3n) is 3.72. The van der Waals surface area contributed by atoms with Gasteiger partial charge in [-0.1, -0.05) is 6.92 Å². The van der Waals surface area contributed by atoms with E-state index in [1.54, 1.807) is 6.07 Å². The van der Waals surface area contributed by atoms with Crippen molar-refractivity contribution in [3.63, 3.8) is 0 Å². The van der Waals surface area contributed by atoms with Crippen LogP contribution in [0.25, 0.3) is 22.3 Å². The first kappa shape index (κ1) is 16.4. The van der Waals surface area contributed by atoms with Crippen LogP contribution in [0.2, 0.25) is 0 Å². The van der Waals surface area contributed by atoms with Gasteiger partial charge in [-0.2, -0.15) is 0 Å². The summed E-state index contributed by atoms with van der Waals surface area (Å²) in [6.07, 6.45) is 0.743. The summed E-state index contributed by atoms with van der Waals surface area (Å²) in [6.45, 7) is 1.97. The van der Waals surface area contributed by atoms with Gasteiger partial charge < -0.3 is 24.8 Å². The molecule has 6 nitrogen and oxygen atoms in total. The molecule has 0 radical (unpaired) electrons. The van der Waals surface area contributed by atoms with Crippen molar-refractivity contribution in [2.24, 2.45) is 0 Å². The van der Waals surface area contributed by atoms with E-state index in [4.69, 9.17) is 4.42 Å². The molecule has 0 aliphatic carbocycles. The molecular weight excluding hydrogens is 427 g/mol. The fourth-order valence-electron chi connectivity index (χ4n) is 2.45. The zero-order valence-electron chi connectivity index (χ0n) is 12.5. The van der Waals surface area contributed by atoms with Crippen LogP contribution in [0.4, 0.5) is 0 Å². The highest BCUT2D eigenvalue weighted by Crippen LogP contribution is 2.41. The Morgan fingerprint density at radius 1 is 1.00 bits per heavy atom. The van der Waals surface area contributed by atoms with E-state index in [1.165, 1.54) is 0 Å². The molecule has 0 fully saturated rings. The van der Waals surface area contributed by atoms with Crippen LogP contribution in [0.15, 0.2) is 33.5 Å². The number of aromatic hydroxyl groups is 4. The second-order valence-corrected chi connectivity index (χ2v) is 6.44. The van der Waals surface area contributed by atoms with E-state index in [0.717, 1.165) is 24.1 Å². The Bertz CT molecular complexity index is 999. The van der Waals surface area contributed by atoms with Crippen LogP contribution in [0.1, 0.15) is 12.5 Å². The molecule has 0 amide bonds. The van der Waals surface area contributed by atoms with Crippen molar-refractivity contribution in [2.45, 2.75) is 13.3 Å². The van der Waals surface area contributed by atoms with Gasteiger partial charge in [0.25, 0.3) is 0 Å². The van der Waals surface area contributed by atoms with Crippen LogP contribution in [-0.2, 0) is 6.42 Å². The molecule has 1 heterocycles. The van der Waals surface area contributed by atoms with Gasteiger partial charge >= 0.3 is 0 Å². The van der Waals surface area contributed by atoms with E-state index in [0.29, 0.717) is 9.15 Å². The van der Waals surface area contributed by atoms with Crippen LogP contribution in [0.3, 0.4) is 0 Å².